The quantitative estimate of drug-likeness (QED) is 0.803. The van der Waals surface area contributed by atoms with Crippen LogP contribution >= 0.6 is 0 Å². The average Bonchev–Trinajstić information content (AvgIpc) is 2.39. The van der Waals surface area contributed by atoms with Gasteiger partial charge in [-0.15, -0.1) is 0 Å². The molecule has 100 valence electrons. The molecule has 3 heteroatoms. The standard InChI is InChI=1S/C14H29N3/c1-4-16-8-5-6-13(10-16)17-9-7-15-14(11-17)12(2)3/h12-15H,4-11H2,1-3H3. The van der Waals surface area contributed by atoms with Crippen molar-refractivity contribution in [1.29, 1.82) is 0 Å². The van der Waals surface area contributed by atoms with E-state index in [2.05, 4.69) is 35.9 Å². The van der Waals surface area contributed by atoms with E-state index in [1.807, 2.05) is 0 Å². The Balaban J connectivity index is 1.88. The number of nitrogens with one attached hydrogen (secondary N) is 1. The van der Waals surface area contributed by atoms with Crippen molar-refractivity contribution in [2.45, 2.75) is 45.7 Å². The average molecular weight is 239 g/mol. The van der Waals surface area contributed by atoms with Gasteiger partial charge in [-0.2, -0.15) is 0 Å². The molecule has 0 saturated carbocycles. The second-order valence-corrected chi connectivity index (χ2v) is 5.99. The Morgan fingerprint density at radius 2 is 2.06 bits per heavy atom. The van der Waals surface area contributed by atoms with E-state index in [0.29, 0.717) is 6.04 Å². The molecule has 3 nitrogen and oxygen atoms in total. The smallest absolute Gasteiger partial charge is 0.0224 e. The molecule has 2 fully saturated rings. The van der Waals surface area contributed by atoms with E-state index in [-0.39, 0.29) is 0 Å². The molecule has 0 aromatic heterocycles. The minimum absolute atomic E-state index is 0.695. The van der Waals surface area contributed by atoms with Gasteiger partial charge < -0.3 is 10.2 Å². The van der Waals surface area contributed by atoms with Gasteiger partial charge >= 0.3 is 0 Å². The molecule has 2 rings (SSSR count). The Morgan fingerprint density at radius 1 is 1.24 bits per heavy atom. The van der Waals surface area contributed by atoms with E-state index in [4.69, 9.17) is 0 Å². The van der Waals surface area contributed by atoms with Crippen molar-refractivity contribution in [3.63, 3.8) is 0 Å². The minimum Gasteiger partial charge on any atom is -0.311 e. The van der Waals surface area contributed by atoms with Crippen LogP contribution in [0.1, 0.15) is 33.6 Å². The first-order valence-corrected chi connectivity index (χ1v) is 7.40. The number of piperazine rings is 1. The minimum atomic E-state index is 0.695. The largest absolute Gasteiger partial charge is 0.311 e. The van der Waals surface area contributed by atoms with Crippen LogP contribution in [-0.4, -0.2) is 61.2 Å². The Bertz CT molecular complexity index is 230. The molecule has 17 heavy (non-hydrogen) atoms. The highest BCUT2D eigenvalue weighted by molar-refractivity contribution is 4.87. The molecule has 0 aromatic rings. The van der Waals surface area contributed by atoms with Crippen LogP contribution in [0.3, 0.4) is 0 Å². The summed E-state index contributed by atoms with van der Waals surface area (Å²) in [7, 11) is 0. The first-order valence-electron chi connectivity index (χ1n) is 7.40. The van der Waals surface area contributed by atoms with Crippen LogP contribution in [0.4, 0.5) is 0 Å². The second kappa shape index (κ2) is 6.17. The molecule has 2 unspecified atom stereocenters. The number of nitrogens with zero attached hydrogens (tertiary/aromatic N) is 2. The molecular weight excluding hydrogens is 210 g/mol. The lowest BCUT2D eigenvalue weighted by molar-refractivity contribution is 0.0688. The molecule has 2 atom stereocenters. The molecule has 1 N–H and O–H groups in total. The molecule has 2 saturated heterocycles. The summed E-state index contributed by atoms with van der Waals surface area (Å²) in [6.45, 7) is 14.4. The third kappa shape index (κ3) is 3.43. The number of hydrogen-bond acceptors (Lipinski definition) is 3. The van der Waals surface area contributed by atoms with E-state index < -0.39 is 0 Å². The maximum atomic E-state index is 3.66. The molecule has 0 amide bonds. The highest BCUT2D eigenvalue weighted by atomic mass is 15.3. The first kappa shape index (κ1) is 13.3. The SMILES string of the molecule is CCN1CCCC(N2CCNC(C(C)C)C2)C1. The van der Waals surface area contributed by atoms with Crippen LogP contribution in [0.15, 0.2) is 0 Å². The van der Waals surface area contributed by atoms with Gasteiger partial charge in [-0.3, -0.25) is 4.90 Å². The Hall–Kier alpha value is -0.120. The molecule has 2 aliphatic heterocycles. The summed E-state index contributed by atoms with van der Waals surface area (Å²) in [5.74, 6) is 0.753. The zero-order chi connectivity index (χ0) is 12.3. The van der Waals surface area contributed by atoms with Crippen LogP contribution in [0.25, 0.3) is 0 Å². The summed E-state index contributed by atoms with van der Waals surface area (Å²) in [4.78, 5) is 5.35. The monoisotopic (exact) mass is 239 g/mol. The van der Waals surface area contributed by atoms with E-state index in [0.717, 1.165) is 12.0 Å². The van der Waals surface area contributed by atoms with Crippen molar-refractivity contribution >= 4 is 0 Å². The Labute approximate surface area is 107 Å². The van der Waals surface area contributed by atoms with Crippen LogP contribution in [0.5, 0.6) is 0 Å². The number of rotatable bonds is 3. The maximum Gasteiger partial charge on any atom is 0.0224 e. The zero-order valence-electron chi connectivity index (χ0n) is 11.8. The Kier molecular flexibility index (Phi) is 4.83. The third-order valence-electron chi connectivity index (χ3n) is 4.49. The third-order valence-corrected chi connectivity index (χ3v) is 4.49. The van der Waals surface area contributed by atoms with Crippen molar-refractivity contribution in [1.82, 2.24) is 15.1 Å². The summed E-state index contributed by atoms with van der Waals surface area (Å²) >= 11 is 0. The van der Waals surface area contributed by atoms with Gasteiger partial charge in [0, 0.05) is 38.3 Å². The van der Waals surface area contributed by atoms with Gasteiger partial charge in [0.2, 0.25) is 0 Å². The summed E-state index contributed by atoms with van der Waals surface area (Å²) in [6.07, 6.45) is 2.79. The molecule has 0 aliphatic carbocycles. The van der Waals surface area contributed by atoms with E-state index >= 15 is 0 Å². The van der Waals surface area contributed by atoms with Crippen LogP contribution in [-0.2, 0) is 0 Å². The van der Waals surface area contributed by atoms with Crippen molar-refractivity contribution in [2.75, 3.05) is 39.3 Å². The van der Waals surface area contributed by atoms with Gasteiger partial charge in [0.05, 0.1) is 0 Å². The lowest BCUT2D eigenvalue weighted by atomic mass is 9.98. The first-order chi connectivity index (χ1) is 8.20. The molecular formula is C14H29N3. The molecule has 0 spiro atoms. The van der Waals surface area contributed by atoms with Gasteiger partial charge in [0.25, 0.3) is 0 Å². The van der Waals surface area contributed by atoms with Crippen LogP contribution < -0.4 is 5.32 Å². The summed E-state index contributed by atoms with van der Waals surface area (Å²) < 4.78 is 0. The van der Waals surface area contributed by atoms with Gasteiger partial charge in [0.15, 0.2) is 0 Å². The number of piperidine rings is 1. The fourth-order valence-electron chi connectivity index (χ4n) is 3.20. The van der Waals surface area contributed by atoms with Crippen molar-refractivity contribution < 1.29 is 0 Å². The number of hydrogen-bond donors (Lipinski definition) is 1. The predicted molar refractivity (Wildman–Crippen MR) is 73.3 cm³/mol. The van der Waals surface area contributed by atoms with Crippen LogP contribution in [0.2, 0.25) is 0 Å². The second-order valence-electron chi connectivity index (χ2n) is 5.99. The number of likely N-dealkylation sites (tertiary alicyclic amines) is 1. The summed E-state index contributed by atoms with van der Waals surface area (Å²) in [6, 6.07) is 1.51. The normalized spacial score (nSPS) is 33.2. The molecule has 0 aromatic carbocycles. The summed E-state index contributed by atoms with van der Waals surface area (Å²) in [5, 5.41) is 3.66. The lowest BCUT2D eigenvalue weighted by Gasteiger charge is -2.44. The predicted octanol–water partition coefficient (Wildman–Crippen LogP) is 1.40. The van der Waals surface area contributed by atoms with E-state index in [9.17, 15) is 0 Å². The zero-order valence-corrected chi connectivity index (χ0v) is 11.8. The molecule has 0 radical (unpaired) electrons. The summed E-state index contributed by atoms with van der Waals surface area (Å²) in [5.41, 5.74) is 0. The van der Waals surface area contributed by atoms with Crippen molar-refractivity contribution in [3.8, 4) is 0 Å². The van der Waals surface area contributed by atoms with E-state index in [1.165, 1.54) is 52.1 Å². The molecule has 2 aliphatic rings. The molecule has 0 bridgehead atoms. The van der Waals surface area contributed by atoms with Gasteiger partial charge in [0.1, 0.15) is 0 Å². The van der Waals surface area contributed by atoms with Gasteiger partial charge in [-0.1, -0.05) is 20.8 Å². The highest BCUT2D eigenvalue weighted by Crippen LogP contribution is 2.18. The lowest BCUT2D eigenvalue weighted by Crippen LogP contribution is -2.58. The van der Waals surface area contributed by atoms with Gasteiger partial charge in [-0.05, 0) is 31.8 Å². The molecule has 2 heterocycles. The Morgan fingerprint density at radius 3 is 2.76 bits per heavy atom. The fraction of sp³-hybridized carbons (Fsp3) is 1.00. The van der Waals surface area contributed by atoms with Gasteiger partial charge in [-0.25, -0.2) is 0 Å². The maximum absolute atomic E-state index is 3.66. The van der Waals surface area contributed by atoms with E-state index in [1.54, 1.807) is 0 Å². The van der Waals surface area contributed by atoms with Crippen LogP contribution in [0, 0.1) is 5.92 Å². The topological polar surface area (TPSA) is 18.5 Å². The van der Waals surface area contributed by atoms with Crippen molar-refractivity contribution in [3.05, 3.63) is 0 Å². The highest BCUT2D eigenvalue weighted by Gasteiger charge is 2.29. The van der Waals surface area contributed by atoms with Crippen molar-refractivity contribution in [2.24, 2.45) is 5.92 Å². The number of likely N-dealkylation sites (N-methyl/N-ethyl adjacent to an activating group) is 1. The fourth-order valence-corrected chi connectivity index (χ4v) is 3.20.